The zero-order valence-electron chi connectivity index (χ0n) is 15.1. The standard InChI is InChI=1S/C20H23ClN2O3S/c1-15(17-11-5-6-12-18(17)21)22-20(24)19-13-7-8-14-23(19)27(25,26)16-9-3-2-4-10-16/h2-6,9-12,15,19H,7-8,13-14H2,1H3,(H,22,24). The lowest BCUT2D eigenvalue weighted by molar-refractivity contribution is -0.126. The summed E-state index contributed by atoms with van der Waals surface area (Å²) < 4.78 is 27.4. The molecule has 5 nitrogen and oxygen atoms in total. The third-order valence-corrected chi connectivity index (χ3v) is 7.10. The molecule has 1 heterocycles. The molecule has 7 heteroatoms. The number of nitrogens with zero attached hydrogens (tertiary/aromatic N) is 1. The first-order valence-corrected chi connectivity index (χ1v) is 10.8. The summed E-state index contributed by atoms with van der Waals surface area (Å²) in [6, 6.07) is 14.5. The van der Waals surface area contributed by atoms with E-state index >= 15 is 0 Å². The number of amides is 1. The van der Waals surface area contributed by atoms with Gasteiger partial charge in [0, 0.05) is 11.6 Å². The largest absolute Gasteiger partial charge is 0.348 e. The van der Waals surface area contributed by atoms with Crippen molar-refractivity contribution in [3.05, 3.63) is 65.2 Å². The van der Waals surface area contributed by atoms with Crippen LogP contribution >= 0.6 is 11.6 Å². The third kappa shape index (κ3) is 4.34. The molecular formula is C20H23ClN2O3S. The minimum atomic E-state index is -3.72. The molecule has 2 unspecified atom stereocenters. The van der Waals surface area contributed by atoms with Gasteiger partial charge in [-0.2, -0.15) is 4.31 Å². The number of rotatable bonds is 5. The van der Waals surface area contributed by atoms with Gasteiger partial charge in [-0.15, -0.1) is 0 Å². The maximum Gasteiger partial charge on any atom is 0.243 e. The summed E-state index contributed by atoms with van der Waals surface area (Å²) in [5.74, 6) is -0.290. The van der Waals surface area contributed by atoms with Crippen LogP contribution in [0.2, 0.25) is 5.02 Å². The number of hydrogen-bond donors (Lipinski definition) is 1. The van der Waals surface area contributed by atoms with Crippen molar-refractivity contribution >= 4 is 27.5 Å². The molecular weight excluding hydrogens is 384 g/mol. The van der Waals surface area contributed by atoms with Crippen molar-refractivity contribution in [3.63, 3.8) is 0 Å². The lowest BCUT2D eigenvalue weighted by Crippen LogP contribution is -2.52. The summed E-state index contributed by atoms with van der Waals surface area (Å²) in [5.41, 5.74) is 0.806. The van der Waals surface area contributed by atoms with Gasteiger partial charge >= 0.3 is 0 Å². The van der Waals surface area contributed by atoms with Crippen molar-refractivity contribution in [2.45, 2.75) is 43.2 Å². The van der Waals surface area contributed by atoms with E-state index < -0.39 is 16.1 Å². The van der Waals surface area contributed by atoms with Gasteiger partial charge < -0.3 is 5.32 Å². The van der Waals surface area contributed by atoms with Crippen molar-refractivity contribution in [3.8, 4) is 0 Å². The van der Waals surface area contributed by atoms with E-state index in [9.17, 15) is 13.2 Å². The summed E-state index contributed by atoms with van der Waals surface area (Å²) in [5, 5.41) is 3.50. The minimum absolute atomic E-state index is 0.212. The average molecular weight is 407 g/mol. The van der Waals surface area contributed by atoms with E-state index in [2.05, 4.69) is 5.32 Å². The Morgan fingerprint density at radius 3 is 2.48 bits per heavy atom. The van der Waals surface area contributed by atoms with Gasteiger partial charge in [0.2, 0.25) is 15.9 Å². The number of benzene rings is 2. The Hall–Kier alpha value is -1.89. The molecule has 144 valence electrons. The maximum absolute atomic E-state index is 13.0. The van der Waals surface area contributed by atoms with Crippen LogP contribution in [0.25, 0.3) is 0 Å². The molecule has 1 aliphatic heterocycles. The van der Waals surface area contributed by atoms with Crippen molar-refractivity contribution in [2.24, 2.45) is 0 Å². The molecule has 3 rings (SSSR count). The molecule has 0 aliphatic carbocycles. The monoisotopic (exact) mass is 406 g/mol. The fourth-order valence-electron chi connectivity index (χ4n) is 3.40. The second-order valence-corrected chi connectivity index (χ2v) is 8.99. The van der Waals surface area contributed by atoms with Gasteiger partial charge in [-0.25, -0.2) is 8.42 Å². The lowest BCUT2D eigenvalue weighted by atomic mass is 10.0. The Balaban J connectivity index is 1.81. The first kappa shape index (κ1) is 19.9. The molecule has 27 heavy (non-hydrogen) atoms. The minimum Gasteiger partial charge on any atom is -0.348 e. The van der Waals surface area contributed by atoms with Gasteiger partial charge in [0.05, 0.1) is 10.9 Å². The van der Waals surface area contributed by atoms with Crippen LogP contribution in [-0.2, 0) is 14.8 Å². The molecule has 0 aromatic heterocycles. The first-order valence-electron chi connectivity index (χ1n) is 9.03. The molecule has 0 bridgehead atoms. The third-order valence-electron chi connectivity index (χ3n) is 4.84. The van der Waals surface area contributed by atoms with E-state index in [4.69, 9.17) is 11.6 Å². The number of nitrogens with one attached hydrogen (secondary N) is 1. The zero-order valence-corrected chi connectivity index (χ0v) is 16.7. The van der Waals surface area contributed by atoms with Crippen molar-refractivity contribution < 1.29 is 13.2 Å². The summed E-state index contributed by atoms with van der Waals surface area (Å²) in [6.07, 6.45) is 2.07. The van der Waals surface area contributed by atoms with Gasteiger partial charge in [-0.1, -0.05) is 54.4 Å². The van der Waals surface area contributed by atoms with Crippen LogP contribution in [0.5, 0.6) is 0 Å². The van der Waals surface area contributed by atoms with Gasteiger partial charge in [0.1, 0.15) is 6.04 Å². The Morgan fingerprint density at radius 2 is 1.78 bits per heavy atom. The fourth-order valence-corrected chi connectivity index (χ4v) is 5.37. The summed E-state index contributed by atoms with van der Waals surface area (Å²) in [6.45, 7) is 2.19. The van der Waals surface area contributed by atoms with Crippen LogP contribution in [-0.4, -0.2) is 31.2 Å². The number of halogens is 1. The number of piperidine rings is 1. The first-order chi connectivity index (χ1) is 12.9. The van der Waals surface area contributed by atoms with Crippen molar-refractivity contribution in [1.82, 2.24) is 9.62 Å². The molecule has 0 saturated carbocycles. The molecule has 1 aliphatic rings. The van der Waals surface area contributed by atoms with E-state index in [0.29, 0.717) is 18.0 Å². The molecule has 1 saturated heterocycles. The van der Waals surface area contributed by atoms with Crippen LogP contribution in [0.4, 0.5) is 0 Å². The number of hydrogen-bond acceptors (Lipinski definition) is 3. The zero-order chi connectivity index (χ0) is 19.4. The maximum atomic E-state index is 13.0. The normalized spacial score (nSPS) is 19.4. The van der Waals surface area contributed by atoms with Gasteiger partial charge in [-0.3, -0.25) is 4.79 Å². The molecule has 2 atom stereocenters. The quantitative estimate of drug-likeness (QED) is 0.822. The van der Waals surface area contributed by atoms with E-state index in [1.165, 1.54) is 4.31 Å². The van der Waals surface area contributed by atoms with E-state index in [0.717, 1.165) is 18.4 Å². The average Bonchev–Trinajstić information content (AvgIpc) is 2.69. The van der Waals surface area contributed by atoms with Crippen LogP contribution in [0.3, 0.4) is 0 Å². The molecule has 2 aromatic carbocycles. The van der Waals surface area contributed by atoms with E-state index in [1.807, 2.05) is 25.1 Å². The Kier molecular flexibility index (Phi) is 6.19. The molecule has 1 fully saturated rings. The topological polar surface area (TPSA) is 66.5 Å². The lowest BCUT2D eigenvalue weighted by Gasteiger charge is -2.34. The van der Waals surface area contributed by atoms with E-state index in [1.54, 1.807) is 36.4 Å². The summed E-state index contributed by atoms with van der Waals surface area (Å²) in [4.78, 5) is 13.1. The Bertz CT molecular complexity index is 902. The van der Waals surface area contributed by atoms with Crippen LogP contribution in [0, 0.1) is 0 Å². The molecule has 2 aromatic rings. The summed E-state index contributed by atoms with van der Waals surface area (Å²) >= 11 is 6.21. The highest BCUT2D eigenvalue weighted by Gasteiger charge is 2.37. The number of carbonyl (C=O) groups excluding carboxylic acids is 1. The predicted octanol–water partition coefficient (Wildman–Crippen LogP) is 3.76. The van der Waals surface area contributed by atoms with Gasteiger partial charge in [-0.05, 0) is 43.5 Å². The highest BCUT2D eigenvalue weighted by Crippen LogP contribution is 2.27. The smallest absolute Gasteiger partial charge is 0.243 e. The second-order valence-electron chi connectivity index (χ2n) is 6.69. The van der Waals surface area contributed by atoms with Crippen molar-refractivity contribution in [1.29, 1.82) is 0 Å². The highest BCUT2D eigenvalue weighted by atomic mass is 35.5. The molecule has 0 radical (unpaired) electrons. The predicted molar refractivity (Wildman–Crippen MR) is 106 cm³/mol. The van der Waals surface area contributed by atoms with Gasteiger partial charge in [0.25, 0.3) is 0 Å². The number of sulfonamides is 1. The molecule has 0 spiro atoms. The van der Waals surface area contributed by atoms with Crippen LogP contribution < -0.4 is 5.32 Å². The Morgan fingerprint density at radius 1 is 1.11 bits per heavy atom. The second kappa shape index (κ2) is 8.42. The van der Waals surface area contributed by atoms with Gasteiger partial charge in [0.15, 0.2) is 0 Å². The van der Waals surface area contributed by atoms with Crippen LogP contribution in [0.1, 0.15) is 37.8 Å². The summed E-state index contributed by atoms with van der Waals surface area (Å²) in [7, 11) is -3.72. The SMILES string of the molecule is CC(NC(=O)C1CCCCN1S(=O)(=O)c1ccccc1)c1ccccc1Cl. The number of carbonyl (C=O) groups is 1. The van der Waals surface area contributed by atoms with Crippen molar-refractivity contribution in [2.75, 3.05) is 6.54 Å². The fraction of sp³-hybridized carbons (Fsp3) is 0.350. The van der Waals surface area contributed by atoms with E-state index in [-0.39, 0.29) is 16.8 Å². The molecule has 1 amide bonds. The molecule has 1 N–H and O–H groups in total. The van der Waals surface area contributed by atoms with Crippen LogP contribution in [0.15, 0.2) is 59.5 Å². The highest BCUT2D eigenvalue weighted by molar-refractivity contribution is 7.89. The Labute approximate surface area is 165 Å².